The molecule has 21 heavy (non-hydrogen) atoms. The van der Waals surface area contributed by atoms with Crippen LogP contribution in [0.15, 0.2) is 12.1 Å². The lowest BCUT2D eigenvalue weighted by molar-refractivity contribution is -0.0457. The first-order valence-electron chi connectivity index (χ1n) is 7.63. The van der Waals surface area contributed by atoms with Crippen molar-refractivity contribution in [3.05, 3.63) is 21.9 Å². The summed E-state index contributed by atoms with van der Waals surface area (Å²) in [5.74, 6) is 0. The summed E-state index contributed by atoms with van der Waals surface area (Å²) in [4.78, 5) is 16.7. The largest absolute Gasteiger partial charge is 0.373 e. The van der Waals surface area contributed by atoms with Crippen molar-refractivity contribution in [3.63, 3.8) is 0 Å². The first kappa shape index (κ1) is 14.8. The predicted molar refractivity (Wildman–Crippen MR) is 83.6 cm³/mol. The Morgan fingerprint density at radius 1 is 1.48 bits per heavy atom. The Labute approximate surface area is 129 Å². The molecule has 2 amide bonds. The quantitative estimate of drug-likeness (QED) is 0.890. The van der Waals surface area contributed by atoms with Crippen LogP contribution in [0.5, 0.6) is 0 Å². The number of hydrogen-bond acceptors (Lipinski definition) is 4. The number of hydrogen-bond donors (Lipinski definition) is 2. The van der Waals surface area contributed by atoms with Gasteiger partial charge in [0.2, 0.25) is 0 Å². The molecule has 0 unspecified atom stereocenters. The monoisotopic (exact) mass is 309 g/mol. The normalized spacial score (nSPS) is 25.6. The molecule has 2 atom stereocenters. The van der Waals surface area contributed by atoms with E-state index >= 15 is 0 Å². The minimum Gasteiger partial charge on any atom is -0.373 e. The number of amides is 2. The summed E-state index contributed by atoms with van der Waals surface area (Å²) in [6.45, 7) is 6.16. The van der Waals surface area contributed by atoms with Crippen LogP contribution < -0.4 is 10.6 Å². The van der Waals surface area contributed by atoms with Gasteiger partial charge in [0.05, 0.1) is 19.3 Å². The molecule has 0 aliphatic carbocycles. The van der Waals surface area contributed by atoms with Crippen LogP contribution >= 0.6 is 11.3 Å². The van der Waals surface area contributed by atoms with Crippen LogP contribution in [0.3, 0.4) is 0 Å². The van der Waals surface area contributed by atoms with Gasteiger partial charge in [-0.05, 0) is 38.4 Å². The molecule has 1 aromatic heterocycles. The average molecular weight is 309 g/mol. The highest BCUT2D eigenvalue weighted by atomic mass is 32.1. The van der Waals surface area contributed by atoms with Crippen molar-refractivity contribution in [2.75, 3.05) is 26.2 Å². The van der Waals surface area contributed by atoms with E-state index in [1.54, 1.807) is 11.3 Å². The van der Waals surface area contributed by atoms with Crippen molar-refractivity contribution in [1.29, 1.82) is 0 Å². The van der Waals surface area contributed by atoms with E-state index in [0.717, 1.165) is 13.2 Å². The Hall–Kier alpha value is -1.11. The lowest BCUT2D eigenvalue weighted by atomic mass is 10.2. The number of thiophene rings is 1. The molecule has 0 radical (unpaired) electrons. The molecule has 2 fully saturated rings. The Morgan fingerprint density at radius 2 is 2.38 bits per heavy atom. The zero-order valence-corrected chi connectivity index (χ0v) is 13.2. The van der Waals surface area contributed by atoms with E-state index < -0.39 is 0 Å². The van der Waals surface area contributed by atoms with Crippen molar-refractivity contribution in [2.45, 2.75) is 38.5 Å². The molecule has 3 rings (SSSR count). The number of carbonyl (C=O) groups is 1. The van der Waals surface area contributed by atoms with Crippen molar-refractivity contribution >= 4 is 17.4 Å². The molecule has 0 saturated carbocycles. The second-order valence-electron chi connectivity index (χ2n) is 5.82. The smallest absolute Gasteiger partial charge is 0.315 e. The second-order valence-corrected chi connectivity index (χ2v) is 7.19. The highest BCUT2D eigenvalue weighted by Crippen LogP contribution is 2.22. The van der Waals surface area contributed by atoms with Gasteiger partial charge in [-0.25, -0.2) is 4.79 Å². The van der Waals surface area contributed by atoms with Crippen molar-refractivity contribution < 1.29 is 9.53 Å². The van der Waals surface area contributed by atoms with Crippen LogP contribution in [0.25, 0.3) is 0 Å². The summed E-state index contributed by atoms with van der Waals surface area (Å²) in [5, 5.41) is 5.80. The molecular weight excluding hydrogens is 286 g/mol. The SMILES string of the molecule is Cc1ccc(CNC(=O)NC[C@H]2CN3CCC[C@H]3CO2)s1. The Kier molecular flexibility index (Phi) is 4.77. The fourth-order valence-electron chi connectivity index (χ4n) is 3.03. The summed E-state index contributed by atoms with van der Waals surface area (Å²) in [7, 11) is 0. The summed E-state index contributed by atoms with van der Waals surface area (Å²) >= 11 is 1.71. The number of urea groups is 1. The minimum absolute atomic E-state index is 0.117. The van der Waals surface area contributed by atoms with Gasteiger partial charge in [0, 0.05) is 28.9 Å². The Balaban J connectivity index is 1.36. The maximum atomic E-state index is 11.8. The molecule has 1 aromatic rings. The average Bonchev–Trinajstić information content (AvgIpc) is 3.10. The van der Waals surface area contributed by atoms with Gasteiger partial charge >= 0.3 is 6.03 Å². The first-order valence-corrected chi connectivity index (χ1v) is 8.45. The maximum Gasteiger partial charge on any atom is 0.315 e. The van der Waals surface area contributed by atoms with Gasteiger partial charge in [-0.1, -0.05) is 0 Å². The zero-order chi connectivity index (χ0) is 14.7. The fraction of sp³-hybridized carbons (Fsp3) is 0.667. The van der Waals surface area contributed by atoms with Gasteiger partial charge in [-0.2, -0.15) is 0 Å². The van der Waals surface area contributed by atoms with E-state index in [0.29, 0.717) is 19.1 Å². The second kappa shape index (κ2) is 6.77. The molecule has 2 saturated heterocycles. The third-order valence-corrected chi connectivity index (χ3v) is 5.17. The van der Waals surface area contributed by atoms with Gasteiger partial charge in [0.25, 0.3) is 0 Å². The first-order chi connectivity index (χ1) is 10.2. The standard InChI is InChI=1S/C15H23N3O2S/c1-11-4-5-14(21-11)8-17-15(19)16-7-13-9-18-6-2-3-12(18)10-20-13/h4-5,12-13H,2-3,6-10H2,1H3,(H2,16,17,19)/t12-,13-/m0/s1. The predicted octanol–water partition coefficient (Wildman–Crippen LogP) is 1.72. The van der Waals surface area contributed by atoms with E-state index in [4.69, 9.17) is 4.74 Å². The van der Waals surface area contributed by atoms with Gasteiger partial charge < -0.3 is 15.4 Å². The number of nitrogens with zero attached hydrogens (tertiary/aromatic N) is 1. The van der Waals surface area contributed by atoms with Crippen molar-refractivity contribution in [2.24, 2.45) is 0 Å². The van der Waals surface area contributed by atoms with Gasteiger partial charge in [0.1, 0.15) is 0 Å². The lowest BCUT2D eigenvalue weighted by Gasteiger charge is -2.35. The molecule has 2 aliphatic heterocycles. The van der Waals surface area contributed by atoms with Gasteiger partial charge in [-0.15, -0.1) is 11.3 Å². The number of aryl methyl sites for hydroxylation is 1. The summed E-state index contributed by atoms with van der Waals surface area (Å²) < 4.78 is 5.83. The molecule has 3 heterocycles. The van der Waals surface area contributed by atoms with E-state index in [1.165, 1.54) is 29.1 Å². The number of ether oxygens (including phenoxy) is 1. The minimum atomic E-state index is -0.117. The van der Waals surface area contributed by atoms with Crippen LogP contribution in [0.4, 0.5) is 4.79 Å². The number of rotatable bonds is 4. The molecular formula is C15H23N3O2S. The molecule has 0 bridgehead atoms. The topological polar surface area (TPSA) is 53.6 Å². The van der Waals surface area contributed by atoms with Crippen LogP contribution in [0.1, 0.15) is 22.6 Å². The van der Waals surface area contributed by atoms with E-state index in [9.17, 15) is 4.79 Å². The van der Waals surface area contributed by atoms with Crippen LogP contribution in [-0.4, -0.2) is 49.3 Å². The summed E-state index contributed by atoms with van der Waals surface area (Å²) in [6, 6.07) is 4.62. The van der Waals surface area contributed by atoms with E-state index in [2.05, 4.69) is 34.6 Å². The van der Waals surface area contributed by atoms with Crippen LogP contribution in [-0.2, 0) is 11.3 Å². The van der Waals surface area contributed by atoms with Gasteiger partial charge in [-0.3, -0.25) is 4.90 Å². The Morgan fingerprint density at radius 3 is 3.19 bits per heavy atom. The van der Waals surface area contributed by atoms with Gasteiger partial charge in [0.15, 0.2) is 0 Å². The maximum absolute atomic E-state index is 11.8. The van der Waals surface area contributed by atoms with Crippen molar-refractivity contribution in [3.8, 4) is 0 Å². The summed E-state index contributed by atoms with van der Waals surface area (Å²) in [6.07, 6.45) is 2.64. The highest BCUT2D eigenvalue weighted by Gasteiger charge is 2.32. The zero-order valence-electron chi connectivity index (χ0n) is 12.4. The molecule has 6 heteroatoms. The molecule has 5 nitrogen and oxygen atoms in total. The van der Waals surface area contributed by atoms with E-state index in [-0.39, 0.29) is 12.1 Å². The number of fused-ring (bicyclic) bond motifs is 1. The molecule has 0 aromatic carbocycles. The third-order valence-electron chi connectivity index (χ3n) is 4.17. The van der Waals surface area contributed by atoms with Crippen LogP contribution in [0.2, 0.25) is 0 Å². The van der Waals surface area contributed by atoms with Crippen LogP contribution in [0, 0.1) is 6.92 Å². The Bertz CT molecular complexity index is 491. The lowest BCUT2D eigenvalue weighted by Crippen LogP contribution is -2.51. The third kappa shape index (κ3) is 3.96. The highest BCUT2D eigenvalue weighted by molar-refractivity contribution is 7.11. The number of morpholine rings is 1. The molecule has 2 N–H and O–H groups in total. The molecule has 2 aliphatic rings. The fourth-order valence-corrected chi connectivity index (χ4v) is 3.86. The molecule has 0 spiro atoms. The summed E-state index contributed by atoms with van der Waals surface area (Å²) in [5.41, 5.74) is 0. The number of nitrogens with one attached hydrogen (secondary N) is 2. The number of carbonyl (C=O) groups excluding carboxylic acids is 1. The van der Waals surface area contributed by atoms with E-state index in [1.807, 2.05) is 0 Å². The van der Waals surface area contributed by atoms with Crippen molar-refractivity contribution in [1.82, 2.24) is 15.5 Å². The molecule has 116 valence electrons.